The summed E-state index contributed by atoms with van der Waals surface area (Å²) in [5.74, 6) is 1.73. The third-order valence-corrected chi connectivity index (χ3v) is 3.83. The maximum Gasteiger partial charge on any atom is 0.193 e. The molecule has 1 N–H and O–H groups in total. The van der Waals surface area contributed by atoms with Gasteiger partial charge in [0.05, 0.1) is 25.0 Å². The number of guanidine groups is 1. The van der Waals surface area contributed by atoms with Gasteiger partial charge in [0.1, 0.15) is 5.75 Å². The topological polar surface area (TPSA) is 54.7 Å². The third-order valence-electron chi connectivity index (χ3n) is 3.83. The summed E-state index contributed by atoms with van der Waals surface area (Å²) >= 11 is 0. The molecule has 0 unspecified atom stereocenters. The van der Waals surface area contributed by atoms with Crippen LogP contribution in [0.2, 0.25) is 0 Å². The summed E-state index contributed by atoms with van der Waals surface area (Å²) in [4.78, 5) is 6.47. The molecule has 7 heteroatoms. The van der Waals surface area contributed by atoms with E-state index in [1.807, 2.05) is 41.2 Å². The van der Waals surface area contributed by atoms with E-state index in [9.17, 15) is 0 Å². The van der Waals surface area contributed by atoms with Gasteiger partial charge in [0.2, 0.25) is 0 Å². The molecule has 0 spiro atoms. The van der Waals surface area contributed by atoms with Crippen LogP contribution in [0.25, 0.3) is 5.69 Å². The molecule has 0 fully saturated rings. The van der Waals surface area contributed by atoms with Crippen molar-refractivity contribution in [3.05, 3.63) is 42.2 Å². The van der Waals surface area contributed by atoms with E-state index < -0.39 is 0 Å². The Morgan fingerprint density at radius 2 is 2.00 bits per heavy atom. The molecule has 138 valence electrons. The van der Waals surface area contributed by atoms with E-state index in [-0.39, 0.29) is 24.0 Å². The summed E-state index contributed by atoms with van der Waals surface area (Å²) < 4.78 is 7.04. The number of aliphatic imine (C=N–C) groups is 1. The summed E-state index contributed by atoms with van der Waals surface area (Å²) in [5.41, 5.74) is 1.97. The maximum atomic E-state index is 5.18. The lowest BCUT2D eigenvalue weighted by atomic mass is 10.3. The number of nitrogens with zero attached hydrogens (tertiary/aromatic N) is 4. The molecule has 0 saturated heterocycles. The molecule has 25 heavy (non-hydrogen) atoms. The predicted octanol–water partition coefficient (Wildman–Crippen LogP) is 3.31. The first-order valence-electron chi connectivity index (χ1n) is 8.28. The lowest BCUT2D eigenvalue weighted by Gasteiger charge is -2.21. The molecule has 2 rings (SSSR count). The summed E-state index contributed by atoms with van der Waals surface area (Å²) in [6.45, 7) is 3.83. The number of hydrogen-bond acceptors (Lipinski definition) is 3. The molecule has 0 saturated carbocycles. The maximum absolute atomic E-state index is 5.18. The van der Waals surface area contributed by atoms with E-state index in [1.54, 1.807) is 14.2 Å². The molecule has 2 aromatic rings. The Morgan fingerprint density at radius 1 is 1.28 bits per heavy atom. The molecule has 0 aliphatic heterocycles. The molecular weight excluding hydrogens is 429 g/mol. The Hall–Kier alpha value is -1.77. The van der Waals surface area contributed by atoms with Crippen LogP contribution >= 0.6 is 24.0 Å². The van der Waals surface area contributed by atoms with Crippen molar-refractivity contribution in [2.24, 2.45) is 4.99 Å². The van der Waals surface area contributed by atoms with Crippen molar-refractivity contribution in [2.45, 2.75) is 26.3 Å². The number of nitrogens with one attached hydrogen (secondary N) is 1. The molecule has 1 aromatic carbocycles. The summed E-state index contributed by atoms with van der Waals surface area (Å²) in [6, 6.07) is 9.84. The fraction of sp³-hybridized carbons (Fsp3) is 0.444. The highest BCUT2D eigenvalue weighted by molar-refractivity contribution is 14.0. The molecular formula is C18H28IN5O. The SMILES string of the molecule is CCCCN(C)C(=NC)NCc1ccn(-c2ccc(OC)cc2)n1.I. The van der Waals surface area contributed by atoms with E-state index in [1.165, 1.54) is 6.42 Å². The number of ether oxygens (including phenoxy) is 1. The van der Waals surface area contributed by atoms with Crippen LogP contribution in [0, 0.1) is 0 Å². The van der Waals surface area contributed by atoms with E-state index in [0.29, 0.717) is 6.54 Å². The number of unbranched alkanes of at least 4 members (excludes halogenated alkanes) is 1. The molecule has 0 aliphatic rings. The quantitative estimate of drug-likeness (QED) is 0.394. The normalized spacial score (nSPS) is 11.0. The molecule has 1 heterocycles. The van der Waals surface area contributed by atoms with Crippen molar-refractivity contribution in [3.8, 4) is 11.4 Å². The number of hydrogen-bond donors (Lipinski definition) is 1. The lowest BCUT2D eigenvalue weighted by Crippen LogP contribution is -2.39. The average Bonchev–Trinajstić information content (AvgIpc) is 3.09. The molecule has 0 atom stereocenters. The first-order chi connectivity index (χ1) is 11.7. The van der Waals surface area contributed by atoms with Crippen molar-refractivity contribution in [2.75, 3.05) is 27.7 Å². The molecule has 0 radical (unpaired) electrons. The minimum Gasteiger partial charge on any atom is -0.497 e. The zero-order chi connectivity index (χ0) is 17.4. The predicted molar refractivity (Wildman–Crippen MR) is 113 cm³/mol. The van der Waals surface area contributed by atoms with Crippen LogP contribution in [0.1, 0.15) is 25.5 Å². The first kappa shape index (κ1) is 21.3. The largest absolute Gasteiger partial charge is 0.497 e. The Labute approximate surface area is 167 Å². The molecule has 0 aliphatic carbocycles. The monoisotopic (exact) mass is 457 g/mol. The smallest absolute Gasteiger partial charge is 0.193 e. The lowest BCUT2D eigenvalue weighted by molar-refractivity contribution is 0.414. The Kier molecular flexibility index (Phi) is 9.33. The van der Waals surface area contributed by atoms with Crippen molar-refractivity contribution < 1.29 is 4.74 Å². The van der Waals surface area contributed by atoms with E-state index >= 15 is 0 Å². The number of rotatable bonds is 7. The molecule has 0 amide bonds. The number of aromatic nitrogens is 2. The second-order valence-electron chi connectivity index (χ2n) is 5.63. The minimum atomic E-state index is 0. The van der Waals surface area contributed by atoms with E-state index in [0.717, 1.165) is 36.1 Å². The first-order valence-corrected chi connectivity index (χ1v) is 8.28. The minimum absolute atomic E-state index is 0. The van der Waals surface area contributed by atoms with Gasteiger partial charge in [0.15, 0.2) is 5.96 Å². The van der Waals surface area contributed by atoms with Gasteiger partial charge in [-0.1, -0.05) is 13.3 Å². The Morgan fingerprint density at radius 3 is 2.60 bits per heavy atom. The molecule has 1 aromatic heterocycles. The van der Waals surface area contributed by atoms with Crippen LogP contribution in [0.15, 0.2) is 41.5 Å². The zero-order valence-electron chi connectivity index (χ0n) is 15.4. The molecule has 6 nitrogen and oxygen atoms in total. The fourth-order valence-corrected chi connectivity index (χ4v) is 2.39. The van der Waals surface area contributed by atoms with Crippen molar-refractivity contribution in [3.63, 3.8) is 0 Å². The summed E-state index contributed by atoms with van der Waals surface area (Å²) in [5, 5.41) is 7.96. The van der Waals surface area contributed by atoms with Crippen molar-refractivity contribution in [1.29, 1.82) is 0 Å². The fourth-order valence-electron chi connectivity index (χ4n) is 2.39. The Balaban J connectivity index is 0.00000312. The zero-order valence-corrected chi connectivity index (χ0v) is 17.7. The average molecular weight is 457 g/mol. The third kappa shape index (κ3) is 6.22. The standard InChI is InChI=1S/C18H27N5O.HI/c1-5-6-12-22(3)18(19-2)20-14-15-11-13-23(21-15)16-7-9-17(24-4)10-8-16;/h7-11,13H,5-6,12,14H2,1-4H3,(H,19,20);1H. The van der Waals surface area contributed by atoms with Gasteiger partial charge in [-0.3, -0.25) is 4.99 Å². The highest BCUT2D eigenvalue weighted by Crippen LogP contribution is 2.14. The Bertz CT molecular complexity index is 654. The van der Waals surface area contributed by atoms with Crippen LogP contribution in [0.3, 0.4) is 0 Å². The van der Waals surface area contributed by atoms with Gasteiger partial charge >= 0.3 is 0 Å². The van der Waals surface area contributed by atoms with Crippen LogP contribution in [0.4, 0.5) is 0 Å². The summed E-state index contributed by atoms with van der Waals surface area (Å²) in [6.07, 6.45) is 4.29. The van der Waals surface area contributed by atoms with Gasteiger partial charge in [0.25, 0.3) is 0 Å². The van der Waals surface area contributed by atoms with Gasteiger partial charge < -0.3 is 15.0 Å². The second-order valence-corrected chi connectivity index (χ2v) is 5.63. The van der Waals surface area contributed by atoms with Gasteiger partial charge in [0, 0.05) is 26.8 Å². The molecule has 0 bridgehead atoms. The van der Waals surface area contributed by atoms with Gasteiger partial charge in [-0.25, -0.2) is 4.68 Å². The van der Waals surface area contributed by atoms with E-state index in [2.05, 4.69) is 34.3 Å². The number of benzene rings is 1. The van der Waals surface area contributed by atoms with Crippen LogP contribution in [-0.2, 0) is 6.54 Å². The van der Waals surface area contributed by atoms with Gasteiger partial charge in [-0.05, 0) is 36.8 Å². The highest BCUT2D eigenvalue weighted by Gasteiger charge is 2.07. The van der Waals surface area contributed by atoms with Crippen LogP contribution in [-0.4, -0.2) is 48.4 Å². The number of methoxy groups -OCH3 is 1. The highest BCUT2D eigenvalue weighted by atomic mass is 127. The number of halogens is 1. The summed E-state index contributed by atoms with van der Waals surface area (Å²) in [7, 11) is 5.53. The van der Waals surface area contributed by atoms with Crippen LogP contribution in [0.5, 0.6) is 5.75 Å². The van der Waals surface area contributed by atoms with Crippen molar-refractivity contribution >= 4 is 29.9 Å². The second kappa shape index (κ2) is 11.0. The van der Waals surface area contributed by atoms with Crippen molar-refractivity contribution in [1.82, 2.24) is 20.0 Å². The van der Waals surface area contributed by atoms with Crippen LogP contribution < -0.4 is 10.1 Å². The van der Waals surface area contributed by atoms with Gasteiger partial charge in [-0.2, -0.15) is 5.10 Å². The van der Waals surface area contributed by atoms with E-state index in [4.69, 9.17) is 4.74 Å². The van der Waals surface area contributed by atoms with Gasteiger partial charge in [-0.15, -0.1) is 24.0 Å².